The van der Waals surface area contributed by atoms with Crippen LogP contribution in [0.3, 0.4) is 0 Å². The zero-order valence-corrected chi connectivity index (χ0v) is 8.11. The number of hydrogen-bond donors (Lipinski definition) is 4. The van der Waals surface area contributed by atoms with E-state index in [-0.39, 0.29) is 30.8 Å². The first kappa shape index (κ1) is 15.3. The molecule has 0 saturated carbocycles. The van der Waals surface area contributed by atoms with Crippen LogP contribution >= 0.6 is 0 Å². The van der Waals surface area contributed by atoms with Gasteiger partial charge in [0.1, 0.15) is 5.54 Å². The Morgan fingerprint density at radius 1 is 0.923 bits per heavy atom. The van der Waals surface area contributed by atoms with E-state index in [4.69, 9.17) is 15.3 Å². The van der Waals surface area contributed by atoms with Gasteiger partial charge in [-0.15, -0.1) is 0 Å². The molecule has 13 heavy (non-hydrogen) atoms. The quantitative estimate of drug-likeness (QED) is 0.373. The second-order valence-corrected chi connectivity index (χ2v) is 3.07. The van der Waals surface area contributed by atoms with Gasteiger partial charge in [-0.3, -0.25) is 0 Å². The zero-order valence-electron chi connectivity index (χ0n) is 8.11. The highest BCUT2D eigenvalue weighted by Crippen LogP contribution is 2.13. The van der Waals surface area contributed by atoms with E-state index in [1.165, 1.54) is 0 Å². The molecule has 0 saturated heterocycles. The molecule has 0 aliphatic rings. The molecule has 0 rings (SSSR count). The van der Waals surface area contributed by atoms with Crippen molar-refractivity contribution in [1.29, 1.82) is 0 Å². The second-order valence-electron chi connectivity index (χ2n) is 3.07. The molecule has 0 aromatic rings. The van der Waals surface area contributed by atoms with Crippen molar-refractivity contribution in [2.45, 2.75) is 24.8 Å². The molecule has 0 aliphatic carbocycles. The SMILES string of the molecule is C[NH2+]C(CCO)(CCO)CCO.[OH-]. The van der Waals surface area contributed by atoms with Gasteiger partial charge in [0.05, 0.1) is 7.05 Å². The van der Waals surface area contributed by atoms with Crippen LogP contribution in [0.2, 0.25) is 0 Å². The Kier molecular flexibility index (Phi) is 9.87. The maximum atomic E-state index is 8.80. The average molecular weight is 195 g/mol. The van der Waals surface area contributed by atoms with E-state index in [0.717, 1.165) is 0 Å². The highest BCUT2D eigenvalue weighted by Gasteiger charge is 2.30. The molecule has 5 nitrogen and oxygen atoms in total. The van der Waals surface area contributed by atoms with E-state index in [1.807, 2.05) is 12.4 Å². The monoisotopic (exact) mass is 195 g/mol. The smallest absolute Gasteiger partial charge is 0.103 e. The summed E-state index contributed by atoms with van der Waals surface area (Å²) in [6.45, 7) is 0.305. The number of hydrogen-bond acceptors (Lipinski definition) is 4. The van der Waals surface area contributed by atoms with Gasteiger partial charge in [0.2, 0.25) is 0 Å². The first-order valence-electron chi connectivity index (χ1n) is 4.38. The summed E-state index contributed by atoms with van der Waals surface area (Å²) in [6.07, 6.45) is 1.85. The van der Waals surface area contributed by atoms with Gasteiger partial charge in [-0.05, 0) is 0 Å². The number of rotatable bonds is 7. The van der Waals surface area contributed by atoms with Crippen LogP contribution in [0.1, 0.15) is 19.3 Å². The fourth-order valence-electron chi connectivity index (χ4n) is 1.48. The third-order valence-electron chi connectivity index (χ3n) is 2.44. The molecule has 0 bridgehead atoms. The summed E-state index contributed by atoms with van der Waals surface area (Å²) < 4.78 is 0. The maximum Gasteiger partial charge on any atom is 0.103 e. The maximum absolute atomic E-state index is 8.80. The largest absolute Gasteiger partial charge is 0.870 e. The Labute approximate surface area is 78.7 Å². The molecule has 82 valence electrons. The molecule has 0 aromatic carbocycles. The molecule has 0 atom stereocenters. The Balaban J connectivity index is 0. The van der Waals surface area contributed by atoms with Crippen molar-refractivity contribution >= 4 is 0 Å². The lowest BCUT2D eigenvalue weighted by molar-refractivity contribution is -0.707. The van der Waals surface area contributed by atoms with Gasteiger partial charge >= 0.3 is 0 Å². The number of aliphatic hydroxyl groups excluding tert-OH is 3. The van der Waals surface area contributed by atoms with Gasteiger partial charge in [-0.1, -0.05) is 0 Å². The summed E-state index contributed by atoms with van der Waals surface area (Å²) in [5.74, 6) is 0. The van der Waals surface area contributed by atoms with Gasteiger partial charge in [0, 0.05) is 39.1 Å². The van der Waals surface area contributed by atoms with E-state index in [0.29, 0.717) is 19.3 Å². The average Bonchev–Trinajstić information content (AvgIpc) is 2.06. The van der Waals surface area contributed by atoms with Crippen LogP contribution < -0.4 is 5.32 Å². The minimum absolute atomic E-state index is 0. The lowest BCUT2D eigenvalue weighted by atomic mass is 9.88. The van der Waals surface area contributed by atoms with Crippen LogP contribution in [0.4, 0.5) is 0 Å². The predicted octanol–water partition coefficient (Wildman–Crippen LogP) is -2.11. The summed E-state index contributed by atoms with van der Waals surface area (Å²) in [4.78, 5) is 0. The van der Waals surface area contributed by atoms with Gasteiger partial charge in [0.25, 0.3) is 0 Å². The number of nitrogens with two attached hydrogens (primary N) is 1. The molecule has 5 heteroatoms. The van der Waals surface area contributed by atoms with Crippen molar-refractivity contribution in [1.82, 2.24) is 0 Å². The molecule has 6 N–H and O–H groups in total. The van der Waals surface area contributed by atoms with Gasteiger partial charge in [0.15, 0.2) is 0 Å². The Hall–Kier alpha value is -0.200. The summed E-state index contributed by atoms with van der Waals surface area (Å²) in [5.41, 5.74) is -0.182. The van der Waals surface area contributed by atoms with E-state index in [1.54, 1.807) is 0 Å². The number of quaternary nitrogens is 1. The highest BCUT2D eigenvalue weighted by molar-refractivity contribution is 4.76. The van der Waals surface area contributed by atoms with Crippen molar-refractivity contribution in [3.8, 4) is 0 Å². The summed E-state index contributed by atoms with van der Waals surface area (Å²) in [5, 5.41) is 28.4. The first-order valence-corrected chi connectivity index (χ1v) is 4.38. The minimum atomic E-state index is -0.182. The van der Waals surface area contributed by atoms with E-state index < -0.39 is 0 Å². The molecule has 0 aliphatic heterocycles. The van der Waals surface area contributed by atoms with Crippen molar-refractivity contribution in [2.75, 3.05) is 26.9 Å². The molecule has 0 radical (unpaired) electrons. The van der Waals surface area contributed by atoms with Crippen LogP contribution in [0.5, 0.6) is 0 Å². The molecule has 0 spiro atoms. The predicted molar refractivity (Wildman–Crippen MR) is 47.6 cm³/mol. The fraction of sp³-hybridized carbons (Fsp3) is 1.00. The van der Waals surface area contributed by atoms with E-state index >= 15 is 0 Å². The summed E-state index contributed by atoms with van der Waals surface area (Å²) in [6, 6.07) is 0. The lowest BCUT2D eigenvalue weighted by Crippen LogP contribution is -2.94. The Morgan fingerprint density at radius 2 is 1.23 bits per heavy atom. The van der Waals surface area contributed by atoms with Gasteiger partial charge in [-0.2, -0.15) is 0 Å². The summed E-state index contributed by atoms with van der Waals surface area (Å²) >= 11 is 0. The second kappa shape index (κ2) is 8.40. The Morgan fingerprint density at radius 3 is 1.38 bits per heavy atom. The Bertz CT molecular complexity index is 93.3. The molecule has 0 amide bonds. The van der Waals surface area contributed by atoms with Crippen molar-refractivity contribution in [3.05, 3.63) is 0 Å². The minimum Gasteiger partial charge on any atom is -0.870 e. The standard InChI is InChI=1S/C8H19NO3.H2O/c1-9-8(2-5-10,3-6-11)4-7-12;/h9-12H,2-7H2,1H3;1H2. The first-order chi connectivity index (χ1) is 5.74. The highest BCUT2D eigenvalue weighted by atomic mass is 16.3. The van der Waals surface area contributed by atoms with Gasteiger partial charge in [-0.25, -0.2) is 0 Å². The molecule has 0 aromatic heterocycles. The van der Waals surface area contributed by atoms with Crippen LogP contribution in [0.15, 0.2) is 0 Å². The molecular weight excluding hydrogens is 174 g/mol. The van der Waals surface area contributed by atoms with Crippen LogP contribution in [0.25, 0.3) is 0 Å². The van der Waals surface area contributed by atoms with Crippen molar-refractivity contribution in [2.24, 2.45) is 0 Å². The topological polar surface area (TPSA) is 107 Å². The third kappa shape index (κ3) is 5.17. The van der Waals surface area contributed by atoms with Crippen LogP contribution in [0, 0.1) is 0 Å². The molecule has 0 unspecified atom stereocenters. The van der Waals surface area contributed by atoms with E-state index in [2.05, 4.69) is 0 Å². The normalized spacial score (nSPS) is 11.1. The van der Waals surface area contributed by atoms with Crippen LogP contribution in [-0.4, -0.2) is 53.2 Å². The lowest BCUT2D eigenvalue weighted by Gasteiger charge is -2.28. The number of aliphatic hydroxyl groups is 3. The van der Waals surface area contributed by atoms with Crippen LogP contribution in [-0.2, 0) is 0 Å². The zero-order chi connectivity index (χ0) is 9.45. The van der Waals surface area contributed by atoms with Crippen molar-refractivity contribution < 1.29 is 26.1 Å². The summed E-state index contributed by atoms with van der Waals surface area (Å²) in [7, 11) is 1.90. The molecular formula is C8H21NO4. The molecule has 0 fully saturated rings. The molecule has 0 heterocycles. The third-order valence-corrected chi connectivity index (χ3v) is 2.44. The van der Waals surface area contributed by atoms with Gasteiger partial charge < -0.3 is 26.1 Å². The van der Waals surface area contributed by atoms with E-state index in [9.17, 15) is 0 Å². The van der Waals surface area contributed by atoms with Crippen molar-refractivity contribution in [3.63, 3.8) is 0 Å². The fourth-order valence-corrected chi connectivity index (χ4v) is 1.48.